The molecule has 1 aliphatic heterocycles. The number of hydrogen-bond acceptors (Lipinski definition) is 2. The summed E-state index contributed by atoms with van der Waals surface area (Å²) in [6, 6.07) is 7.66. The van der Waals surface area contributed by atoms with Gasteiger partial charge in [-0.05, 0) is 30.5 Å². The smallest absolute Gasteiger partial charge is 0.226 e. The molecule has 0 bridgehead atoms. The number of nitrogens with zero attached hydrogens (tertiary/aromatic N) is 2. The van der Waals surface area contributed by atoms with E-state index >= 15 is 0 Å². The van der Waals surface area contributed by atoms with Crippen LogP contribution in [0.5, 0.6) is 0 Å². The Bertz CT molecular complexity index is 488. The second-order valence-electron chi connectivity index (χ2n) is 5.72. The summed E-state index contributed by atoms with van der Waals surface area (Å²) < 4.78 is 0. The molecule has 0 atom stereocenters. The monoisotopic (exact) mass is 288 g/mol. The minimum absolute atomic E-state index is 0.00314. The molecule has 4 heteroatoms. The second-order valence-corrected chi connectivity index (χ2v) is 5.72. The fraction of sp³-hybridized carbons (Fsp3) is 0.529. The molecular weight excluding hydrogens is 264 g/mol. The molecule has 0 unspecified atom stereocenters. The largest absolute Gasteiger partial charge is 0.342 e. The van der Waals surface area contributed by atoms with Crippen LogP contribution in [0.3, 0.4) is 0 Å². The number of carbonyl (C=O) groups is 2. The Morgan fingerprint density at radius 2 is 1.62 bits per heavy atom. The van der Waals surface area contributed by atoms with Crippen LogP contribution in [0.25, 0.3) is 0 Å². The Kier molecular flexibility index (Phi) is 5.37. The van der Waals surface area contributed by atoms with Crippen LogP contribution >= 0.6 is 0 Å². The van der Waals surface area contributed by atoms with E-state index in [0.29, 0.717) is 6.42 Å². The van der Waals surface area contributed by atoms with E-state index in [0.717, 1.165) is 37.2 Å². The first-order valence-electron chi connectivity index (χ1n) is 7.69. The lowest BCUT2D eigenvalue weighted by molar-refractivity contribution is -0.130. The number of rotatable bonds is 3. The van der Waals surface area contributed by atoms with Crippen LogP contribution in [0.2, 0.25) is 0 Å². The minimum Gasteiger partial charge on any atom is -0.342 e. The SMILES string of the molecule is CC(=O)N(C)c1ccc(CC(=O)N2CCCCCC2)cc1. The van der Waals surface area contributed by atoms with Crippen molar-refractivity contribution in [3.63, 3.8) is 0 Å². The molecule has 2 amide bonds. The van der Waals surface area contributed by atoms with Crippen LogP contribution in [-0.2, 0) is 16.0 Å². The first-order valence-corrected chi connectivity index (χ1v) is 7.69. The molecule has 1 heterocycles. The van der Waals surface area contributed by atoms with E-state index in [1.54, 1.807) is 11.9 Å². The lowest BCUT2D eigenvalue weighted by Crippen LogP contribution is -2.33. The van der Waals surface area contributed by atoms with E-state index < -0.39 is 0 Å². The number of hydrogen-bond donors (Lipinski definition) is 0. The fourth-order valence-corrected chi connectivity index (χ4v) is 2.63. The van der Waals surface area contributed by atoms with Crippen LogP contribution in [0.15, 0.2) is 24.3 Å². The van der Waals surface area contributed by atoms with E-state index in [1.165, 1.54) is 19.8 Å². The molecule has 0 saturated carbocycles. The van der Waals surface area contributed by atoms with E-state index in [1.807, 2.05) is 29.2 Å². The molecule has 0 spiro atoms. The first kappa shape index (κ1) is 15.5. The maximum absolute atomic E-state index is 12.3. The highest BCUT2D eigenvalue weighted by Gasteiger charge is 2.15. The van der Waals surface area contributed by atoms with Gasteiger partial charge >= 0.3 is 0 Å². The third kappa shape index (κ3) is 4.31. The molecular formula is C17H24N2O2. The van der Waals surface area contributed by atoms with E-state index in [-0.39, 0.29) is 11.8 Å². The van der Waals surface area contributed by atoms with Crippen molar-refractivity contribution in [2.24, 2.45) is 0 Å². The van der Waals surface area contributed by atoms with Crippen molar-refractivity contribution in [2.75, 3.05) is 25.0 Å². The van der Waals surface area contributed by atoms with Gasteiger partial charge in [-0.2, -0.15) is 0 Å². The highest BCUT2D eigenvalue weighted by Crippen LogP contribution is 2.16. The van der Waals surface area contributed by atoms with Gasteiger partial charge < -0.3 is 9.80 Å². The predicted molar refractivity (Wildman–Crippen MR) is 84.3 cm³/mol. The Labute approximate surface area is 126 Å². The van der Waals surface area contributed by atoms with Gasteiger partial charge in [0.15, 0.2) is 0 Å². The van der Waals surface area contributed by atoms with Gasteiger partial charge in [0.2, 0.25) is 11.8 Å². The number of benzene rings is 1. The molecule has 1 aliphatic rings. The summed E-state index contributed by atoms with van der Waals surface area (Å²) >= 11 is 0. The summed E-state index contributed by atoms with van der Waals surface area (Å²) in [5.41, 5.74) is 1.86. The van der Waals surface area contributed by atoms with Gasteiger partial charge in [-0.25, -0.2) is 0 Å². The van der Waals surface area contributed by atoms with Crippen molar-refractivity contribution in [1.29, 1.82) is 0 Å². The number of likely N-dealkylation sites (tertiary alicyclic amines) is 1. The molecule has 2 rings (SSSR count). The lowest BCUT2D eigenvalue weighted by Gasteiger charge is -2.20. The van der Waals surface area contributed by atoms with Crippen molar-refractivity contribution >= 4 is 17.5 Å². The van der Waals surface area contributed by atoms with Gasteiger partial charge in [0.1, 0.15) is 0 Å². The summed E-state index contributed by atoms with van der Waals surface area (Å²) in [7, 11) is 1.75. The summed E-state index contributed by atoms with van der Waals surface area (Å²) in [5, 5.41) is 0. The average Bonchev–Trinajstić information content (AvgIpc) is 2.76. The van der Waals surface area contributed by atoms with Crippen LogP contribution in [0.4, 0.5) is 5.69 Å². The quantitative estimate of drug-likeness (QED) is 0.858. The maximum Gasteiger partial charge on any atom is 0.226 e. The molecule has 4 nitrogen and oxygen atoms in total. The normalized spacial score (nSPS) is 15.4. The van der Waals surface area contributed by atoms with E-state index in [9.17, 15) is 9.59 Å². The van der Waals surface area contributed by atoms with Gasteiger partial charge in [-0.1, -0.05) is 25.0 Å². The molecule has 1 aromatic rings. The highest BCUT2D eigenvalue weighted by atomic mass is 16.2. The fourth-order valence-electron chi connectivity index (χ4n) is 2.63. The minimum atomic E-state index is 0.00314. The van der Waals surface area contributed by atoms with Crippen molar-refractivity contribution in [1.82, 2.24) is 4.90 Å². The summed E-state index contributed by atoms with van der Waals surface area (Å²) in [4.78, 5) is 27.2. The van der Waals surface area contributed by atoms with Gasteiger partial charge in [0, 0.05) is 32.7 Å². The van der Waals surface area contributed by atoms with Crippen molar-refractivity contribution in [3.8, 4) is 0 Å². The van der Waals surface area contributed by atoms with E-state index in [2.05, 4.69) is 0 Å². The van der Waals surface area contributed by atoms with Crippen molar-refractivity contribution < 1.29 is 9.59 Å². The Morgan fingerprint density at radius 1 is 1.05 bits per heavy atom. The summed E-state index contributed by atoms with van der Waals surface area (Å²) in [6.45, 7) is 3.32. The number of anilines is 1. The zero-order valence-electron chi connectivity index (χ0n) is 13.0. The van der Waals surface area contributed by atoms with Gasteiger partial charge in [0.25, 0.3) is 0 Å². The Morgan fingerprint density at radius 3 is 2.14 bits per heavy atom. The molecule has 0 N–H and O–H groups in total. The Balaban J connectivity index is 1.96. The third-order valence-corrected chi connectivity index (χ3v) is 4.11. The average molecular weight is 288 g/mol. The predicted octanol–water partition coefficient (Wildman–Crippen LogP) is 2.61. The van der Waals surface area contributed by atoms with E-state index in [4.69, 9.17) is 0 Å². The standard InChI is InChI=1S/C17H24N2O2/c1-14(20)18(2)16-9-7-15(8-10-16)13-17(21)19-11-5-3-4-6-12-19/h7-10H,3-6,11-13H2,1-2H3. The molecule has 1 saturated heterocycles. The van der Waals surface area contributed by atoms with Crippen molar-refractivity contribution in [3.05, 3.63) is 29.8 Å². The molecule has 0 aliphatic carbocycles. The van der Waals surface area contributed by atoms with Crippen LogP contribution in [0.1, 0.15) is 38.2 Å². The molecule has 1 aromatic carbocycles. The molecule has 21 heavy (non-hydrogen) atoms. The molecule has 1 fully saturated rings. The maximum atomic E-state index is 12.3. The second kappa shape index (κ2) is 7.25. The highest BCUT2D eigenvalue weighted by molar-refractivity contribution is 5.90. The molecule has 0 aromatic heterocycles. The molecule has 114 valence electrons. The van der Waals surface area contributed by atoms with Crippen molar-refractivity contribution in [2.45, 2.75) is 39.0 Å². The topological polar surface area (TPSA) is 40.6 Å². The zero-order chi connectivity index (χ0) is 15.2. The zero-order valence-corrected chi connectivity index (χ0v) is 13.0. The number of amides is 2. The number of carbonyl (C=O) groups excluding carboxylic acids is 2. The third-order valence-electron chi connectivity index (χ3n) is 4.11. The van der Waals surface area contributed by atoms with Crippen LogP contribution < -0.4 is 4.90 Å². The van der Waals surface area contributed by atoms with Gasteiger partial charge in [-0.15, -0.1) is 0 Å². The van der Waals surface area contributed by atoms with Crippen LogP contribution in [-0.4, -0.2) is 36.9 Å². The van der Waals surface area contributed by atoms with Gasteiger partial charge in [-0.3, -0.25) is 9.59 Å². The Hall–Kier alpha value is -1.84. The molecule has 0 radical (unpaired) electrons. The first-order chi connectivity index (χ1) is 10.1. The van der Waals surface area contributed by atoms with Gasteiger partial charge in [0.05, 0.1) is 6.42 Å². The summed E-state index contributed by atoms with van der Waals surface area (Å²) in [6.07, 6.45) is 5.15. The lowest BCUT2D eigenvalue weighted by atomic mass is 10.1. The van der Waals surface area contributed by atoms with Crippen LogP contribution in [0, 0.1) is 0 Å². The summed E-state index contributed by atoms with van der Waals surface area (Å²) in [5.74, 6) is 0.216.